The molecule has 0 radical (unpaired) electrons. The number of rotatable bonds is 5. The van der Waals surface area contributed by atoms with Crippen molar-refractivity contribution < 1.29 is 9.84 Å². The molecule has 1 saturated carbocycles. The maximum Gasteiger partial charge on any atom is 0.236 e. The summed E-state index contributed by atoms with van der Waals surface area (Å²) >= 11 is 0. The predicted octanol–water partition coefficient (Wildman–Crippen LogP) is 5.62. The minimum absolute atomic E-state index is 0.389. The maximum absolute atomic E-state index is 10.3. The summed E-state index contributed by atoms with van der Waals surface area (Å²) in [6.07, 6.45) is 5.62. The molecule has 0 bridgehead atoms. The molecule has 4 aromatic rings. The Labute approximate surface area is 188 Å². The first-order valence-electron chi connectivity index (χ1n) is 11.3. The number of nitrogens with zero attached hydrogens (tertiary/aromatic N) is 3. The van der Waals surface area contributed by atoms with Gasteiger partial charge in [0.2, 0.25) is 5.88 Å². The van der Waals surface area contributed by atoms with Crippen molar-refractivity contribution in [3.8, 4) is 17.1 Å². The van der Waals surface area contributed by atoms with Crippen LogP contribution in [0.3, 0.4) is 0 Å². The Morgan fingerprint density at radius 3 is 2.56 bits per heavy atom. The molecule has 0 saturated heterocycles. The van der Waals surface area contributed by atoms with Gasteiger partial charge < -0.3 is 9.84 Å². The Morgan fingerprint density at radius 1 is 1.03 bits per heavy atom. The number of benzene rings is 2. The molecule has 1 aliphatic carbocycles. The Kier molecular flexibility index (Phi) is 5.43. The highest BCUT2D eigenvalue weighted by Gasteiger charge is 2.31. The lowest BCUT2D eigenvalue weighted by molar-refractivity contribution is 0.0169. The van der Waals surface area contributed by atoms with Crippen LogP contribution in [-0.4, -0.2) is 25.5 Å². The Balaban J connectivity index is 1.28. The number of fused-ring (bicyclic) bond motifs is 1. The van der Waals surface area contributed by atoms with Crippen molar-refractivity contribution in [1.29, 1.82) is 0 Å². The fourth-order valence-electron chi connectivity index (χ4n) is 4.58. The second kappa shape index (κ2) is 8.40. The number of ether oxygens (including phenoxy) is 1. The molecule has 1 aliphatic rings. The zero-order chi connectivity index (χ0) is 22.1. The van der Waals surface area contributed by atoms with Gasteiger partial charge in [-0.1, -0.05) is 48.5 Å². The van der Waals surface area contributed by atoms with Crippen LogP contribution in [0.2, 0.25) is 0 Å². The van der Waals surface area contributed by atoms with E-state index in [0.29, 0.717) is 18.4 Å². The summed E-state index contributed by atoms with van der Waals surface area (Å²) in [6, 6.07) is 20.7. The molecule has 2 aromatic carbocycles. The quantitative estimate of drug-likeness (QED) is 0.449. The van der Waals surface area contributed by atoms with Gasteiger partial charge in [0.05, 0.1) is 16.8 Å². The van der Waals surface area contributed by atoms with Crippen molar-refractivity contribution in [3.05, 3.63) is 78.0 Å². The molecule has 0 aliphatic heterocycles. The Morgan fingerprint density at radius 2 is 1.78 bits per heavy atom. The summed E-state index contributed by atoms with van der Waals surface area (Å²) in [7, 11) is 1.93. The van der Waals surface area contributed by atoms with E-state index in [1.54, 1.807) is 0 Å². The smallest absolute Gasteiger partial charge is 0.236 e. The maximum atomic E-state index is 10.3. The highest BCUT2D eigenvalue weighted by atomic mass is 16.5. The van der Waals surface area contributed by atoms with Gasteiger partial charge in [0, 0.05) is 29.8 Å². The normalized spacial score (nSPS) is 21.0. The van der Waals surface area contributed by atoms with Crippen molar-refractivity contribution in [2.45, 2.75) is 50.7 Å². The van der Waals surface area contributed by atoms with Crippen LogP contribution in [0.5, 0.6) is 5.88 Å². The first-order valence-corrected chi connectivity index (χ1v) is 11.3. The third kappa shape index (κ3) is 4.39. The number of hydrogen-bond acceptors (Lipinski definition) is 4. The summed E-state index contributed by atoms with van der Waals surface area (Å²) in [5.41, 5.74) is 4.77. The first-order chi connectivity index (χ1) is 15.5. The second-order valence-electron chi connectivity index (χ2n) is 9.21. The molecule has 32 heavy (non-hydrogen) atoms. The van der Waals surface area contributed by atoms with Gasteiger partial charge in [-0.25, -0.2) is 4.98 Å². The molecule has 5 nitrogen and oxygen atoms in total. The monoisotopic (exact) mass is 427 g/mol. The summed E-state index contributed by atoms with van der Waals surface area (Å²) < 4.78 is 7.97. The molecule has 0 amide bonds. The van der Waals surface area contributed by atoms with Gasteiger partial charge in [-0.05, 0) is 56.2 Å². The third-order valence-corrected chi connectivity index (χ3v) is 6.55. The molecule has 164 valence electrons. The lowest BCUT2D eigenvalue weighted by Gasteiger charge is -2.32. The Hall–Kier alpha value is -3.18. The standard InChI is InChI=1S/C27H29N3O2/c1-27(31)15-13-20(14-16-27)23-17-30(2)29-26(23)32-18-19-7-9-22(10-8-19)25-12-11-21-5-3-4-6-24(21)28-25/h3-12,17,20,31H,13-16,18H2,1-2H3. The molecule has 1 fully saturated rings. The summed E-state index contributed by atoms with van der Waals surface area (Å²) in [6.45, 7) is 2.40. The molecule has 1 N–H and O–H groups in total. The van der Waals surface area contributed by atoms with Crippen LogP contribution in [0.4, 0.5) is 0 Å². The van der Waals surface area contributed by atoms with Crippen molar-refractivity contribution in [1.82, 2.24) is 14.8 Å². The van der Waals surface area contributed by atoms with Crippen LogP contribution in [-0.2, 0) is 13.7 Å². The number of aromatic nitrogens is 3. The van der Waals surface area contributed by atoms with Gasteiger partial charge in [0.1, 0.15) is 6.61 Å². The van der Waals surface area contributed by atoms with Crippen molar-refractivity contribution in [2.24, 2.45) is 7.05 Å². The minimum Gasteiger partial charge on any atom is -0.472 e. The molecule has 2 heterocycles. The van der Waals surface area contributed by atoms with E-state index in [2.05, 4.69) is 53.8 Å². The number of aryl methyl sites for hydroxylation is 1. The van der Waals surface area contributed by atoms with Crippen molar-refractivity contribution >= 4 is 10.9 Å². The van der Waals surface area contributed by atoms with Gasteiger partial charge in [-0.3, -0.25) is 4.68 Å². The zero-order valence-corrected chi connectivity index (χ0v) is 18.7. The molecular formula is C27H29N3O2. The van der Waals surface area contributed by atoms with Crippen LogP contribution in [0.25, 0.3) is 22.2 Å². The number of aliphatic hydroxyl groups is 1. The molecule has 5 heteroatoms. The number of pyridine rings is 1. The van der Waals surface area contributed by atoms with E-state index in [4.69, 9.17) is 9.72 Å². The minimum atomic E-state index is -0.540. The van der Waals surface area contributed by atoms with E-state index >= 15 is 0 Å². The fourth-order valence-corrected chi connectivity index (χ4v) is 4.58. The first kappa shape index (κ1) is 20.7. The Bertz CT molecular complexity index is 1220. The van der Waals surface area contributed by atoms with E-state index in [-0.39, 0.29) is 0 Å². The van der Waals surface area contributed by atoms with Crippen LogP contribution in [0.1, 0.15) is 49.7 Å². The zero-order valence-electron chi connectivity index (χ0n) is 18.7. The van der Waals surface area contributed by atoms with Gasteiger partial charge in [-0.15, -0.1) is 5.10 Å². The molecule has 2 aromatic heterocycles. The van der Waals surface area contributed by atoms with Gasteiger partial charge in [0.15, 0.2) is 0 Å². The third-order valence-electron chi connectivity index (χ3n) is 6.55. The van der Waals surface area contributed by atoms with Gasteiger partial charge >= 0.3 is 0 Å². The number of hydrogen-bond donors (Lipinski definition) is 1. The predicted molar refractivity (Wildman–Crippen MR) is 127 cm³/mol. The average molecular weight is 428 g/mol. The molecule has 5 rings (SSSR count). The van der Waals surface area contributed by atoms with Gasteiger partial charge in [-0.2, -0.15) is 0 Å². The van der Waals surface area contributed by atoms with Crippen LogP contribution >= 0.6 is 0 Å². The van der Waals surface area contributed by atoms with Crippen LogP contribution < -0.4 is 4.74 Å². The van der Waals surface area contributed by atoms with E-state index < -0.39 is 5.60 Å². The van der Waals surface area contributed by atoms with Crippen LogP contribution in [0.15, 0.2) is 66.9 Å². The van der Waals surface area contributed by atoms with Crippen molar-refractivity contribution in [2.75, 3.05) is 0 Å². The highest BCUT2D eigenvalue weighted by Crippen LogP contribution is 2.40. The lowest BCUT2D eigenvalue weighted by Crippen LogP contribution is -2.29. The summed E-state index contributed by atoms with van der Waals surface area (Å²) in [5.74, 6) is 1.10. The van der Waals surface area contributed by atoms with E-state index in [0.717, 1.165) is 59.0 Å². The van der Waals surface area contributed by atoms with E-state index in [9.17, 15) is 5.11 Å². The summed E-state index contributed by atoms with van der Waals surface area (Å²) in [4.78, 5) is 4.78. The molecular weight excluding hydrogens is 398 g/mol. The van der Waals surface area contributed by atoms with Crippen molar-refractivity contribution in [3.63, 3.8) is 0 Å². The van der Waals surface area contributed by atoms with Gasteiger partial charge in [0.25, 0.3) is 0 Å². The highest BCUT2D eigenvalue weighted by molar-refractivity contribution is 5.81. The van der Waals surface area contributed by atoms with E-state index in [1.807, 2.05) is 36.9 Å². The number of para-hydroxylation sites is 1. The fraction of sp³-hybridized carbons (Fsp3) is 0.333. The SMILES string of the molecule is Cn1cc(C2CCC(C)(O)CC2)c(OCc2ccc(-c3ccc4ccccc4n3)cc2)n1. The largest absolute Gasteiger partial charge is 0.472 e. The van der Waals surface area contributed by atoms with Crippen LogP contribution in [0, 0.1) is 0 Å². The summed E-state index contributed by atoms with van der Waals surface area (Å²) in [5, 5.41) is 16.0. The average Bonchev–Trinajstić information content (AvgIpc) is 3.18. The topological polar surface area (TPSA) is 60.2 Å². The molecule has 0 unspecified atom stereocenters. The van der Waals surface area contributed by atoms with E-state index in [1.165, 1.54) is 0 Å². The second-order valence-corrected chi connectivity index (χ2v) is 9.21. The molecule has 0 spiro atoms. The molecule has 0 atom stereocenters. The lowest BCUT2D eigenvalue weighted by atomic mass is 9.77.